The lowest BCUT2D eigenvalue weighted by atomic mass is 9.71. The van der Waals surface area contributed by atoms with Gasteiger partial charge in [0.25, 0.3) is 0 Å². The first-order valence-corrected chi connectivity index (χ1v) is 10.3. The summed E-state index contributed by atoms with van der Waals surface area (Å²) < 4.78 is 74.4. The van der Waals surface area contributed by atoms with Crippen LogP contribution in [-0.2, 0) is 19.4 Å². The summed E-state index contributed by atoms with van der Waals surface area (Å²) in [6.07, 6.45) is -2.97. The maximum atomic E-state index is 14.9. The number of carbonyl (C=O) groups is 1. The molecule has 0 amide bonds. The normalized spacial score (nSPS) is 26.9. The van der Waals surface area contributed by atoms with Gasteiger partial charge in [-0.3, -0.25) is 4.79 Å². The number of Topliss-reactive ketones (excluding diaryl/α,β-unsaturated/α-hetero) is 1. The zero-order chi connectivity index (χ0) is 20.3. The minimum Gasteiger partial charge on any atom is -0.490 e. The molecule has 3 atom stereocenters. The minimum atomic E-state index is -4.45. The lowest BCUT2D eigenvalue weighted by Crippen LogP contribution is -2.57. The molecule has 28 heavy (non-hydrogen) atoms. The van der Waals surface area contributed by atoms with Crippen LogP contribution in [0.5, 0.6) is 5.75 Å². The molecule has 1 aliphatic carbocycles. The molecule has 4 rings (SSSR count). The SMILES string of the molecule is O=C1CCC2(S(=O)(=O)c3ccc(Cl)cc3)c3c(F)ccc(F)c3OCC2C1F. The fraction of sp³-hybridized carbons (Fsp3) is 0.316. The fourth-order valence-electron chi connectivity index (χ4n) is 4.16. The third kappa shape index (κ3) is 2.50. The summed E-state index contributed by atoms with van der Waals surface area (Å²) in [5.41, 5.74) is -0.561. The van der Waals surface area contributed by atoms with E-state index in [0.717, 1.165) is 12.1 Å². The molecule has 2 aliphatic rings. The van der Waals surface area contributed by atoms with E-state index in [2.05, 4.69) is 0 Å². The summed E-state index contributed by atoms with van der Waals surface area (Å²) in [5, 5.41) is 0.278. The van der Waals surface area contributed by atoms with Crippen LogP contribution < -0.4 is 4.74 Å². The molecule has 2 aromatic rings. The van der Waals surface area contributed by atoms with Crippen molar-refractivity contribution in [2.75, 3.05) is 6.61 Å². The van der Waals surface area contributed by atoms with Gasteiger partial charge in [-0.05, 0) is 42.8 Å². The van der Waals surface area contributed by atoms with Crippen molar-refractivity contribution in [2.45, 2.75) is 28.7 Å². The Balaban J connectivity index is 2.06. The van der Waals surface area contributed by atoms with E-state index in [-0.39, 0.29) is 16.3 Å². The quantitative estimate of drug-likeness (QED) is 0.722. The highest BCUT2D eigenvalue weighted by Crippen LogP contribution is 2.56. The van der Waals surface area contributed by atoms with Gasteiger partial charge in [-0.2, -0.15) is 0 Å². The summed E-state index contributed by atoms with van der Waals surface area (Å²) >= 11 is 5.82. The molecule has 1 saturated carbocycles. The third-order valence-electron chi connectivity index (χ3n) is 5.50. The number of hydrogen-bond donors (Lipinski definition) is 0. The third-order valence-corrected chi connectivity index (χ3v) is 8.31. The highest BCUT2D eigenvalue weighted by atomic mass is 35.5. The lowest BCUT2D eigenvalue weighted by molar-refractivity contribution is -0.130. The van der Waals surface area contributed by atoms with Crippen molar-refractivity contribution in [3.63, 3.8) is 0 Å². The van der Waals surface area contributed by atoms with Gasteiger partial charge in [0, 0.05) is 11.4 Å². The fourth-order valence-corrected chi connectivity index (χ4v) is 6.61. The van der Waals surface area contributed by atoms with Crippen molar-refractivity contribution in [1.29, 1.82) is 0 Å². The van der Waals surface area contributed by atoms with Crippen LogP contribution in [0.1, 0.15) is 18.4 Å². The van der Waals surface area contributed by atoms with Crippen molar-refractivity contribution in [3.05, 3.63) is 58.6 Å². The first kappa shape index (κ1) is 19.3. The molecule has 0 radical (unpaired) electrons. The van der Waals surface area contributed by atoms with Gasteiger partial charge in [0.05, 0.1) is 23.0 Å². The zero-order valence-electron chi connectivity index (χ0n) is 14.3. The topological polar surface area (TPSA) is 60.4 Å². The number of carbonyl (C=O) groups excluding carboxylic acids is 1. The number of alkyl halides is 1. The van der Waals surface area contributed by atoms with Crippen molar-refractivity contribution >= 4 is 27.2 Å². The van der Waals surface area contributed by atoms with E-state index in [1.807, 2.05) is 0 Å². The molecule has 148 valence electrons. The van der Waals surface area contributed by atoms with Crippen molar-refractivity contribution in [3.8, 4) is 5.75 Å². The maximum Gasteiger partial charge on any atom is 0.189 e. The number of ketones is 1. The van der Waals surface area contributed by atoms with Gasteiger partial charge in [0.2, 0.25) is 0 Å². The molecule has 3 unspecified atom stereocenters. The second-order valence-corrected chi connectivity index (χ2v) is 9.51. The Bertz CT molecular complexity index is 1070. The van der Waals surface area contributed by atoms with Gasteiger partial charge in [-0.1, -0.05) is 11.6 Å². The highest BCUT2D eigenvalue weighted by Gasteiger charge is 2.63. The van der Waals surface area contributed by atoms with Crippen LogP contribution in [0.15, 0.2) is 41.3 Å². The molecular weight excluding hydrogens is 417 g/mol. The second-order valence-electron chi connectivity index (χ2n) is 6.87. The maximum absolute atomic E-state index is 14.9. The Hall–Kier alpha value is -2.06. The molecule has 4 nitrogen and oxygen atoms in total. The second kappa shape index (κ2) is 6.49. The molecule has 0 bridgehead atoms. The Morgan fingerprint density at radius 3 is 2.39 bits per heavy atom. The minimum absolute atomic E-state index is 0.222. The number of sulfone groups is 1. The highest BCUT2D eigenvalue weighted by molar-refractivity contribution is 7.92. The average Bonchev–Trinajstić information content (AvgIpc) is 2.67. The average molecular weight is 431 g/mol. The number of ether oxygens (including phenoxy) is 1. The molecule has 0 spiro atoms. The van der Waals surface area contributed by atoms with Crippen LogP contribution in [-0.4, -0.2) is 27.0 Å². The summed E-state index contributed by atoms with van der Waals surface area (Å²) in [6.45, 7) is -0.562. The first-order valence-electron chi connectivity index (χ1n) is 8.48. The summed E-state index contributed by atoms with van der Waals surface area (Å²) in [5.74, 6) is -4.82. The molecular formula is C19H14ClF3O4S. The number of benzene rings is 2. The van der Waals surface area contributed by atoms with E-state index < -0.39 is 68.4 Å². The molecule has 2 aromatic carbocycles. The van der Waals surface area contributed by atoms with Crippen LogP contribution in [0.4, 0.5) is 13.2 Å². The Kier molecular flexibility index (Phi) is 4.46. The van der Waals surface area contributed by atoms with Gasteiger partial charge >= 0.3 is 0 Å². The van der Waals surface area contributed by atoms with Gasteiger partial charge in [-0.25, -0.2) is 21.6 Å². The molecule has 1 aliphatic heterocycles. The van der Waals surface area contributed by atoms with E-state index in [9.17, 15) is 26.4 Å². The van der Waals surface area contributed by atoms with Gasteiger partial charge in [0.15, 0.2) is 33.4 Å². The standard InChI is InChI=1S/C19H14ClF3O4S/c20-10-1-3-11(4-2-10)28(25,26)19-8-7-15(24)17(23)12(19)9-27-18-14(22)6-5-13(21)16(18)19/h1-6,12,17H,7-9H2. The number of rotatable bonds is 2. The van der Waals surface area contributed by atoms with Crippen LogP contribution in [0, 0.1) is 17.6 Å². The predicted molar refractivity (Wildman–Crippen MR) is 94.8 cm³/mol. The van der Waals surface area contributed by atoms with Gasteiger partial charge in [-0.15, -0.1) is 0 Å². The van der Waals surface area contributed by atoms with E-state index in [1.54, 1.807) is 0 Å². The number of fused-ring (bicyclic) bond motifs is 3. The predicted octanol–water partition coefficient (Wildman–Crippen LogP) is 4.00. The zero-order valence-corrected chi connectivity index (χ0v) is 15.9. The smallest absolute Gasteiger partial charge is 0.189 e. The van der Waals surface area contributed by atoms with Crippen LogP contribution >= 0.6 is 11.6 Å². The Morgan fingerprint density at radius 2 is 1.71 bits per heavy atom. The van der Waals surface area contributed by atoms with Crippen LogP contribution in [0.3, 0.4) is 0 Å². The molecule has 0 saturated heterocycles. The van der Waals surface area contributed by atoms with E-state index in [0.29, 0.717) is 0 Å². The van der Waals surface area contributed by atoms with Crippen molar-refractivity contribution in [2.24, 2.45) is 5.92 Å². The van der Waals surface area contributed by atoms with Gasteiger partial charge in [0.1, 0.15) is 10.6 Å². The number of hydrogen-bond acceptors (Lipinski definition) is 4. The van der Waals surface area contributed by atoms with E-state index in [4.69, 9.17) is 16.3 Å². The van der Waals surface area contributed by atoms with Crippen LogP contribution in [0.25, 0.3) is 0 Å². The Morgan fingerprint density at radius 1 is 1.07 bits per heavy atom. The van der Waals surface area contributed by atoms with E-state index >= 15 is 0 Å². The summed E-state index contributed by atoms with van der Waals surface area (Å²) in [6, 6.07) is 6.71. The summed E-state index contributed by atoms with van der Waals surface area (Å²) in [7, 11) is -4.45. The monoisotopic (exact) mass is 430 g/mol. The molecule has 0 aromatic heterocycles. The molecule has 1 fully saturated rings. The molecule has 1 heterocycles. The van der Waals surface area contributed by atoms with Crippen molar-refractivity contribution < 1.29 is 31.1 Å². The lowest BCUT2D eigenvalue weighted by Gasteiger charge is -2.47. The molecule has 0 N–H and O–H groups in total. The van der Waals surface area contributed by atoms with E-state index in [1.165, 1.54) is 24.3 Å². The van der Waals surface area contributed by atoms with Crippen molar-refractivity contribution in [1.82, 2.24) is 0 Å². The van der Waals surface area contributed by atoms with Crippen LogP contribution in [0.2, 0.25) is 5.02 Å². The number of halogens is 4. The first-order chi connectivity index (χ1) is 13.2. The Labute approximate surface area is 164 Å². The summed E-state index contributed by atoms with van der Waals surface area (Å²) in [4.78, 5) is 11.7. The van der Waals surface area contributed by atoms with Gasteiger partial charge < -0.3 is 4.74 Å². The molecule has 9 heteroatoms. The largest absolute Gasteiger partial charge is 0.490 e.